The molecule has 1 aromatic carbocycles. The van der Waals surface area contributed by atoms with E-state index in [9.17, 15) is 13.6 Å². The summed E-state index contributed by atoms with van der Waals surface area (Å²) in [7, 11) is 1.56. The van der Waals surface area contributed by atoms with Crippen molar-refractivity contribution in [3.8, 4) is 5.88 Å². The number of ether oxygens (including phenoxy) is 2. The molecule has 1 amide bonds. The van der Waals surface area contributed by atoms with Gasteiger partial charge in [-0.15, -0.1) is 0 Å². The number of amides is 1. The van der Waals surface area contributed by atoms with E-state index >= 15 is 0 Å². The average Bonchev–Trinajstić information content (AvgIpc) is 2.73. The minimum absolute atomic E-state index is 0.00149. The van der Waals surface area contributed by atoms with E-state index in [0.717, 1.165) is 6.07 Å². The Bertz CT molecular complexity index is 1080. The summed E-state index contributed by atoms with van der Waals surface area (Å²) in [5.74, 6) is -2.19. The highest BCUT2D eigenvalue weighted by Gasteiger charge is 2.44. The fourth-order valence-electron chi connectivity index (χ4n) is 3.87. The zero-order valence-electron chi connectivity index (χ0n) is 19.8. The molecule has 0 fully saturated rings. The number of aliphatic imine (C=N–C) groups is 1. The number of nitrogens with one attached hydrogen (secondary N) is 1. The summed E-state index contributed by atoms with van der Waals surface area (Å²) in [6, 6.07) is 2.27. The molecular weight excluding hydrogens is 464 g/mol. The average molecular weight is 494 g/mol. The molecule has 2 heterocycles. The zero-order chi connectivity index (χ0) is 25.1. The predicted octanol–water partition coefficient (Wildman–Crippen LogP) is 4.11. The SMILES string of the molecule is COC[C@@]1(C)C[C@@](C)(c2cc(NC(=O)c3cnc(OCC(C)C)cn3)cc(F)c2F)N=C(N)S1. The molecule has 0 saturated carbocycles. The molecule has 2 atom stereocenters. The number of hydrogen-bond donors (Lipinski definition) is 2. The number of aromatic nitrogens is 2. The lowest BCUT2D eigenvalue weighted by atomic mass is 9.83. The Kier molecular flexibility index (Phi) is 7.77. The summed E-state index contributed by atoms with van der Waals surface area (Å²) < 4.78 is 39.8. The number of thioether (sulfide) groups is 1. The van der Waals surface area contributed by atoms with E-state index in [0.29, 0.717) is 25.6 Å². The summed E-state index contributed by atoms with van der Waals surface area (Å²) in [6.07, 6.45) is 2.94. The maximum atomic E-state index is 14.9. The third kappa shape index (κ3) is 6.01. The standard InChI is InChI=1S/C23H29F2N5O3S/c1-13(2)10-33-18-9-27-17(8-28-18)20(31)29-14-6-15(19(25)16(24)7-14)23(4)11-22(3,12-32-5)34-21(26)30-23/h6-9,13H,10-12H2,1-5H3,(H2,26,30)(H,29,31)/t22-,23+/m1/s1. The van der Waals surface area contributed by atoms with Crippen LogP contribution < -0.4 is 15.8 Å². The molecule has 1 aliphatic rings. The van der Waals surface area contributed by atoms with E-state index in [-0.39, 0.29) is 28.0 Å². The number of nitrogens with two attached hydrogens (primary N) is 1. The Morgan fingerprint density at radius 1 is 1.26 bits per heavy atom. The zero-order valence-corrected chi connectivity index (χ0v) is 20.6. The summed E-state index contributed by atoms with van der Waals surface area (Å²) in [4.78, 5) is 25.2. The molecule has 0 saturated heterocycles. The maximum Gasteiger partial charge on any atom is 0.275 e. The summed E-state index contributed by atoms with van der Waals surface area (Å²) in [5, 5.41) is 2.80. The lowest BCUT2D eigenvalue weighted by Gasteiger charge is -2.41. The van der Waals surface area contributed by atoms with Gasteiger partial charge in [-0.1, -0.05) is 25.6 Å². The molecule has 0 bridgehead atoms. The Balaban J connectivity index is 1.86. The van der Waals surface area contributed by atoms with Crippen LogP contribution in [-0.2, 0) is 10.3 Å². The lowest BCUT2D eigenvalue weighted by Crippen LogP contribution is -2.43. The van der Waals surface area contributed by atoms with Crippen molar-refractivity contribution in [1.29, 1.82) is 0 Å². The van der Waals surface area contributed by atoms with Crippen molar-refractivity contribution in [2.75, 3.05) is 25.6 Å². The highest BCUT2D eigenvalue weighted by molar-refractivity contribution is 8.15. The molecule has 11 heteroatoms. The minimum Gasteiger partial charge on any atom is -0.476 e. The monoisotopic (exact) mass is 493 g/mol. The van der Waals surface area contributed by atoms with Crippen LogP contribution in [0.15, 0.2) is 29.5 Å². The number of halogens is 2. The summed E-state index contributed by atoms with van der Waals surface area (Å²) >= 11 is 1.33. The topological polar surface area (TPSA) is 112 Å². The van der Waals surface area contributed by atoms with Crippen LogP contribution in [-0.4, -0.2) is 46.1 Å². The van der Waals surface area contributed by atoms with Gasteiger partial charge in [0.15, 0.2) is 16.8 Å². The van der Waals surface area contributed by atoms with E-state index in [2.05, 4.69) is 20.3 Å². The maximum absolute atomic E-state index is 14.9. The smallest absolute Gasteiger partial charge is 0.275 e. The van der Waals surface area contributed by atoms with Gasteiger partial charge in [0.1, 0.15) is 5.69 Å². The number of amidine groups is 1. The van der Waals surface area contributed by atoms with Crippen molar-refractivity contribution in [3.63, 3.8) is 0 Å². The van der Waals surface area contributed by atoms with Crippen molar-refractivity contribution in [3.05, 3.63) is 47.4 Å². The van der Waals surface area contributed by atoms with Crippen LogP contribution in [0.1, 0.15) is 50.2 Å². The molecule has 0 unspecified atom stereocenters. The second-order valence-electron chi connectivity index (χ2n) is 9.10. The minimum atomic E-state index is -1.16. The molecule has 1 aromatic heterocycles. The van der Waals surface area contributed by atoms with Gasteiger partial charge < -0.3 is 20.5 Å². The number of hydrogen-bond acceptors (Lipinski definition) is 8. The first-order valence-corrected chi connectivity index (χ1v) is 11.6. The first kappa shape index (κ1) is 25.8. The molecule has 0 aliphatic carbocycles. The van der Waals surface area contributed by atoms with Gasteiger partial charge in [0.05, 0.1) is 31.1 Å². The van der Waals surface area contributed by atoms with Gasteiger partial charge in [-0.25, -0.2) is 18.7 Å². The van der Waals surface area contributed by atoms with Crippen LogP contribution in [0.25, 0.3) is 0 Å². The Labute approximate surface area is 201 Å². The van der Waals surface area contributed by atoms with Crippen LogP contribution in [0.2, 0.25) is 0 Å². The molecule has 0 spiro atoms. The molecule has 3 rings (SSSR count). The van der Waals surface area contributed by atoms with E-state index in [1.165, 1.54) is 30.2 Å². The van der Waals surface area contributed by atoms with Gasteiger partial charge >= 0.3 is 0 Å². The molecule has 1 aliphatic heterocycles. The van der Waals surface area contributed by atoms with Gasteiger partial charge in [0.25, 0.3) is 5.91 Å². The fourth-order valence-corrected chi connectivity index (χ4v) is 5.15. The summed E-state index contributed by atoms with van der Waals surface area (Å²) in [6.45, 7) is 8.41. The molecule has 184 valence electrons. The third-order valence-corrected chi connectivity index (χ3v) is 6.22. The Morgan fingerprint density at radius 3 is 2.62 bits per heavy atom. The summed E-state index contributed by atoms with van der Waals surface area (Å²) in [5.41, 5.74) is 4.91. The predicted molar refractivity (Wildman–Crippen MR) is 128 cm³/mol. The van der Waals surface area contributed by atoms with Gasteiger partial charge in [-0.05, 0) is 32.3 Å². The van der Waals surface area contributed by atoms with Gasteiger partial charge in [-0.2, -0.15) is 0 Å². The van der Waals surface area contributed by atoms with Crippen LogP contribution >= 0.6 is 11.8 Å². The lowest BCUT2D eigenvalue weighted by molar-refractivity contribution is 0.102. The van der Waals surface area contributed by atoms with E-state index in [4.69, 9.17) is 15.2 Å². The Morgan fingerprint density at radius 2 is 2.00 bits per heavy atom. The quantitative estimate of drug-likeness (QED) is 0.569. The molecular formula is C23H29F2N5O3S. The van der Waals surface area contributed by atoms with Crippen molar-refractivity contribution in [2.45, 2.75) is 44.4 Å². The van der Waals surface area contributed by atoms with Crippen molar-refractivity contribution in [2.24, 2.45) is 16.6 Å². The van der Waals surface area contributed by atoms with Crippen LogP contribution in [0.4, 0.5) is 14.5 Å². The van der Waals surface area contributed by atoms with Crippen molar-refractivity contribution in [1.82, 2.24) is 9.97 Å². The van der Waals surface area contributed by atoms with Gasteiger partial charge in [0.2, 0.25) is 5.88 Å². The van der Waals surface area contributed by atoms with Crippen LogP contribution in [0.3, 0.4) is 0 Å². The normalized spacial score (nSPS) is 22.4. The number of carbonyl (C=O) groups excluding carboxylic acids is 1. The number of rotatable bonds is 8. The van der Waals surface area contributed by atoms with E-state index < -0.39 is 27.8 Å². The highest BCUT2D eigenvalue weighted by atomic mass is 32.2. The second-order valence-corrected chi connectivity index (χ2v) is 10.7. The molecule has 3 N–H and O–H groups in total. The van der Waals surface area contributed by atoms with Crippen molar-refractivity contribution < 1.29 is 23.0 Å². The molecule has 34 heavy (non-hydrogen) atoms. The first-order valence-electron chi connectivity index (χ1n) is 10.7. The van der Waals surface area contributed by atoms with Gasteiger partial charge in [0, 0.05) is 29.2 Å². The fraction of sp³-hybridized carbons (Fsp3) is 0.478. The van der Waals surface area contributed by atoms with E-state index in [1.807, 2.05) is 20.8 Å². The third-order valence-electron chi connectivity index (χ3n) is 5.17. The molecule has 0 radical (unpaired) electrons. The first-order chi connectivity index (χ1) is 15.9. The van der Waals surface area contributed by atoms with Crippen LogP contribution in [0.5, 0.6) is 5.88 Å². The number of methoxy groups -OCH3 is 1. The Hall–Kier alpha value is -2.79. The molecule has 2 aromatic rings. The van der Waals surface area contributed by atoms with Gasteiger partial charge in [-0.3, -0.25) is 9.79 Å². The number of carbonyl (C=O) groups is 1. The number of nitrogens with zero attached hydrogens (tertiary/aromatic N) is 3. The number of benzene rings is 1. The largest absolute Gasteiger partial charge is 0.476 e. The highest BCUT2D eigenvalue weighted by Crippen LogP contribution is 2.46. The van der Waals surface area contributed by atoms with Crippen molar-refractivity contribution >= 4 is 28.5 Å². The van der Waals surface area contributed by atoms with Crippen LogP contribution in [0, 0.1) is 17.6 Å². The molecule has 8 nitrogen and oxygen atoms in total. The second kappa shape index (κ2) is 10.2. The van der Waals surface area contributed by atoms with E-state index in [1.54, 1.807) is 14.0 Å². The number of anilines is 1.